The molecule has 0 radical (unpaired) electrons. The van der Waals surface area contributed by atoms with Crippen LogP contribution in [-0.4, -0.2) is 77.1 Å². The zero-order valence-corrected chi connectivity index (χ0v) is 16.6. The number of anilines is 1. The van der Waals surface area contributed by atoms with Crippen molar-refractivity contribution >= 4 is 11.6 Å². The molecule has 0 atom stereocenters. The van der Waals surface area contributed by atoms with Gasteiger partial charge in [0.2, 0.25) is 0 Å². The third-order valence-corrected chi connectivity index (χ3v) is 4.50. The van der Waals surface area contributed by atoms with Gasteiger partial charge in [0.15, 0.2) is 5.96 Å². The SMILES string of the molecule is CCNC(=NCCCCOCCOC)N1CCN(c2ccccc2F)CC1. The van der Waals surface area contributed by atoms with Gasteiger partial charge in [0.1, 0.15) is 5.82 Å². The molecular formula is C20H33FN4O2. The average molecular weight is 381 g/mol. The average Bonchev–Trinajstić information content (AvgIpc) is 2.70. The second-order valence-electron chi connectivity index (χ2n) is 6.47. The van der Waals surface area contributed by atoms with E-state index in [-0.39, 0.29) is 5.82 Å². The fourth-order valence-electron chi connectivity index (χ4n) is 3.04. The Labute approximate surface area is 162 Å². The van der Waals surface area contributed by atoms with Crippen molar-refractivity contribution < 1.29 is 13.9 Å². The fraction of sp³-hybridized carbons (Fsp3) is 0.650. The number of nitrogens with zero attached hydrogens (tertiary/aromatic N) is 3. The van der Waals surface area contributed by atoms with Gasteiger partial charge in [-0.05, 0) is 31.9 Å². The van der Waals surface area contributed by atoms with Gasteiger partial charge in [-0.15, -0.1) is 0 Å². The van der Waals surface area contributed by atoms with Gasteiger partial charge in [-0.25, -0.2) is 4.39 Å². The van der Waals surface area contributed by atoms with Crippen molar-refractivity contribution in [3.63, 3.8) is 0 Å². The molecule has 0 aliphatic carbocycles. The number of rotatable bonds is 10. The molecule has 1 aliphatic rings. The summed E-state index contributed by atoms with van der Waals surface area (Å²) in [6.45, 7) is 8.98. The predicted molar refractivity (Wildman–Crippen MR) is 108 cm³/mol. The Morgan fingerprint density at radius 3 is 2.59 bits per heavy atom. The summed E-state index contributed by atoms with van der Waals surface area (Å²) in [6, 6.07) is 6.98. The molecule has 0 saturated carbocycles. The van der Waals surface area contributed by atoms with Crippen molar-refractivity contribution in [3.8, 4) is 0 Å². The minimum atomic E-state index is -0.153. The predicted octanol–water partition coefficient (Wildman–Crippen LogP) is 2.36. The largest absolute Gasteiger partial charge is 0.382 e. The van der Waals surface area contributed by atoms with Gasteiger partial charge in [0.05, 0.1) is 18.9 Å². The molecule has 0 aromatic heterocycles. The minimum absolute atomic E-state index is 0.153. The molecule has 1 saturated heterocycles. The third-order valence-electron chi connectivity index (χ3n) is 4.50. The summed E-state index contributed by atoms with van der Waals surface area (Å²) in [6.07, 6.45) is 1.99. The van der Waals surface area contributed by atoms with Crippen LogP contribution in [-0.2, 0) is 9.47 Å². The fourth-order valence-corrected chi connectivity index (χ4v) is 3.04. The van der Waals surface area contributed by atoms with Gasteiger partial charge in [0, 0.05) is 53.0 Å². The second-order valence-corrected chi connectivity index (χ2v) is 6.47. The summed E-state index contributed by atoms with van der Waals surface area (Å²) in [5.74, 6) is 0.797. The van der Waals surface area contributed by atoms with Crippen molar-refractivity contribution in [2.45, 2.75) is 19.8 Å². The van der Waals surface area contributed by atoms with Crippen molar-refractivity contribution in [3.05, 3.63) is 30.1 Å². The minimum Gasteiger partial charge on any atom is -0.382 e. The first-order valence-corrected chi connectivity index (χ1v) is 9.85. The number of aliphatic imine (C=N–C) groups is 1. The molecule has 0 bridgehead atoms. The van der Waals surface area contributed by atoms with E-state index in [2.05, 4.69) is 22.0 Å². The quantitative estimate of drug-likeness (QED) is 0.384. The highest BCUT2D eigenvalue weighted by atomic mass is 19.1. The van der Waals surface area contributed by atoms with Crippen LogP contribution < -0.4 is 10.2 Å². The molecule has 0 spiro atoms. The molecule has 1 aliphatic heterocycles. The highest BCUT2D eigenvalue weighted by Gasteiger charge is 2.21. The van der Waals surface area contributed by atoms with Crippen molar-refractivity contribution in [1.82, 2.24) is 10.2 Å². The first-order chi connectivity index (χ1) is 13.3. The zero-order valence-electron chi connectivity index (χ0n) is 16.6. The van der Waals surface area contributed by atoms with Crippen molar-refractivity contribution in [1.29, 1.82) is 0 Å². The van der Waals surface area contributed by atoms with Crippen LogP contribution >= 0.6 is 0 Å². The maximum atomic E-state index is 14.0. The molecule has 0 unspecified atom stereocenters. The highest BCUT2D eigenvalue weighted by molar-refractivity contribution is 5.80. The van der Waals surface area contributed by atoms with Gasteiger partial charge in [0.25, 0.3) is 0 Å². The number of nitrogens with one attached hydrogen (secondary N) is 1. The standard InChI is InChI=1S/C20H33FN4O2/c1-3-22-20(23-10-6-7-15-27-17-16-26-2)25-13-11-24(12-14-25)19-9-5-4-8-18(19)21/h4-5,8-9H,3,6-7,10-17H2,1-2H3,(H,22,23). The van der Waals surface area contributed by atoms with E-state index >= 15 is 0 Å². The van der Waals surface area contributed by atoms with Crippen LogP contribution in [0.5, 0.6) is 0 Å². The molecule has 2 rings (SSSR count). The lowest BCUT2D eigenvalue weighted by molar-refractivity contribution is 0.0690. The lowest BCUT2D eigenvalue weighted by Crippen LogP contribution is -2.52. The van der Waals surface area contributed by atoms with Gasteiger partial charge in [-0.1, -0.05) is 12.1 Å². The molecule has 1 aromatic carbocycles. The lowest BCUT2D eigenvalue weighted by Gasteiger charge is -2.37. The number of unbranched alkanes of at least 4 members (excludes halogenated alkanes) is 1. The van der Waals surface area contributed by atoms with E-state index in [1.807, 2.05) is 12.1 Å². The molecule has 152 valence electrons. The summed E-state index contributed by atoms with van der Waals surface area (Å²) in [5.41, 5.74) is 0.688. The number of methoxy groups -OCH3 is 1. The Bertz CT molecular complexity index is 563. The van der Waals surface area contributed by atoms with Gasteiger partial charge >= 0.3 is 0 Å². The lowest BCUT2D eigenvalue weighted by atomic mass is 10.2. The first kappa shape index (κ1) is 21.4. The molecule has 6 nitrogen and oxygen atoms in total. The molecule has 27 heavy (non-hydrogen) atoms. The van der Waals surface area contributed by atoms with E-state index in [0.717, 1.165) is 64.7 Å². The van der Waals surface area contributed by atoms with Crippen LogP contribution in [0.2, 0.25) is 0 Å². The van der Waals surface area contributed by atoms with Gasteiger partial charge in [-0.3, -0.25) is 4.99 Å². The number of guanidine groups is 1. The van der Waals surface area contributed by atoms with Crippen molar-refractivity contribution in [2.75, 3.05) is 71.1 Å². The van der Waals surface area contributed by atoms with E-state index in [9.17, 15) is 4.39 Å². The molecule has 1 fully saturated rings. The number of piperazine rings is 1. The number of para-hydroxylation sites is 1. The summed E-state index contributed by atoms with van der Waals surface area (Å²) < 4.78 is 24.4. The number of ether oxygens (including phenoxy) is 2. The van der Waals surface area contributed by atoms with E-state index in [1.165, 1.54) is 6.07 Å². The van der Waals surface area contributed by atoms with Crippen LogP contribution in [0.4, 0.5) is 10.1 Å². The normalized spacial score (nSPS) is 15.3. The van der Waals surface area contributed by atoms with E-state index in [0.29, 0.717) is 18.9 Å². The zero-order chi connectivity index (χ0) is 19.3. The third kappa shape index (κ3) is 7.34. The molecule has 7 heteroatoms. The van der Waals surface area contributed by atoms with Crippen LogP contribution in [0.3, 0.4) is 0 Å². The highest BCUT2D eigenvalue weighted by Crippen LogP contribution is 2.20. The van der Waals surface area contributed by atoms with Crippen LogP contribution in [0.1, 0.15) is 19.8 Å². The smallest absolute Gasteiger partial charge is 0.194 e. The first-order valence-electron chi connectivity index (χ1n) is 9.85. The van der Waals surface area contributed by atoms with Crippen LogP contribution in [0, 0.1) is 5.82 Å². The summed E-state index contributed by atoms with van der Waals surface area (Å²) in [7, 11) is 1.68. The Balaban J connectivity index is 1.75. The Kier molecular flexibility index (Phi) is 9.94. The molecule has 0 amide bonds. The molecule has 1 aromatic rings. The summed E-state index contributed by atoms with van der Waals surface area (Å²) in [5, 5.41) is 3.37. The molecule has 1 heterocycles. The monoisotopic (exact) mass is 380 g/mol. The van der Waals surface area contributed by atoms with Crippen LogP contribution in [0.15, 0.2) is 29.3 Å². The molecular weight excluding hydrogens is 347 g/mol. The van der Waals surface area contributed by atoms with Gasteiger partial charge in [-0.2, -0.15) is 0 Å². The van der Waals surface area contributed by atoms with Crippen LogP contribution in [0.25, 0.3) is 0 Å². The van der Waals surface area contributed by atoms with Gasteiger partial charge < -0.3 is 24.6 Å². The number of hydrogen-bond acceptors (Lipinski definition) is 4. The maximum absolute atomic E-state index is 14.0. The molecule has 1 N–H and O–H groups in total. The Morgan fingerprint density at radius 2 is 1.89 bits per heavy atom. The maximum Gasteiger partial charge on any atom is 0.194 e. The Hall–Kier alpha value is -1.86. The second kappa shape index (κ2) is 12.5. The van der Waals surface area contributed by atoms with E-state index in [1.54, 1.807) is 13.2 Å². The summed E-state index contributed by atoms with van der Waals surface area (Å²) >= 11 is 0. The van der Waals surface area contributed by atoms with E-state index < -0.39 is 0 Å². The summed E-state index contributed by atoms with van der Waals surface area (Å²) in [4.78, 5) is 9.11. The van der Waals surface area contributed by atoms with E-state index in [4.69, 9.17) is 14.5 Å². The Morgan fingerprint density at radius 1 is 1.11 bits per heavy atom. The number of hydrogen-bond donors (Lipinski definition) is 1. The van der Waals surface area contributed by atoms with Crippen molar-refractivity contribution in [2.24, 2.45) is 4.99 Å². The number of halogens is 1. The number of benzene rings is 1. The topological polar surface area (TPSA) is 49.3 Å².